The number of likely N-dealkylation sites (N-methyl/N-ethyl adjacent to an activating group) is 1. The summed E-state index contributed by atoms with van der Waals surface area (Å²) in [6.45, 7) is 9.83. The molecule has 6 nitrogen and oxygen atoms in total. The Morgan fingerprint density at radius 1 is 1.11 bits per heavy atom. The van der Waals surface area contributed by atoms with Gasteiger partial charge < -0.3 is 9.88 Å². The molecule has 4 rings (SSSR count). The standard InChI is InChI=1S/C20H24FN5O/c1-3-24-8-10-25(11-9-24)13-15-12-18-14(2)23-26(19(18)22-20(15)27)17-6-4-16(21)5-7-17/h4-7,12H,3,8-11,13H2,1-2H3,(H,22,27). The SMILES string of the molecule is CCN1CCN(Cc2cc3c(C)nn(-c4ccc(F)cc4)c3[nH]c2=O)CC1. The van der Waals surface area contributed by atoms with Crippen molar-refractivity contribution in [3.8, 4) is 5.69 Å². The largest absolute Gasteiger partial charge is 0.306 e. The van der Waals surface area contributed by atoms with Crippen LogP contribution in [0.15, 0.2) is 35.1 Å². The molecule has 1 aliphatic heterocycles. The second kappa shape index (κ2) is 7.25. The van der Waals surface area contributed by atoms with E-state index < -0.39 is 0 Å². The fourth-order valence-corrected chi connectivity index (χ4v) is 3.65. The van der Waals surface area contributed by atoms with Gasteiger partial charge in [0.05, 0.1) is 11.4 Å². The lowest BCUT2D eigenvalue weighted by Gasteiger charge is -2.33. The van der Waals surface area contributed by atoms with E-state index in [4.69, 9.17) is 0 Å². The Labute approximate surface area is 157 Å². The van der Waals surface area contributed by atoms with E-state index in [9.17, 15) is 9.18 Å². The average molecular weight is 369 g/mol. The lowest BCUT2D eigenvalue weighted by molar-refractivity contribution is 0.131. The van der Waals surface area contributed by atoms with E-state index in [1.165, 1.54) is 12.1 Å². The van der Waals surface area contributed by atoms with Crippen molar-refractivity contribution in [3.63, 3.8) is 0 Å². The Morgan fingerprint density at radius 3 is 2.44 bits per heavy atom. The van der Waals surface area contributed by atoms with Gasteiger partial charge in [0.2, 0.25) is 0 Å². The minimum Gasteiger partial charge on any atom is -0.306 e. The fourth-order valence-electron chi connectivity index (χ4n) is 3.65. The van der Waals surface area contributed by atoms with E-state index in [0.29, 0.717) is 17.9 Å². The number of fused-ring (bicyclic) bond motifs is 1. The first kappa shape index (κ1) is 17.9. The van der Waals surface area contributed by atoms with Crippen molar-refractivity contribution in [1.29, 1.82) is 0 Å². The van der Waals surface area contributed by atoms with Crippen LogP contribution < -0.4 is 5.56 Å². The molecular weight excluding hydrogens is 345 g/mol. The number of nitrogens with zero attached hydrogens (tertiary/aromatic N) is 4. The predicted molar refractivity (Wildman–Crippen MR) is 104 cm³/mol. The monoisotopic (exact) mass is 369 g/mol. The zero-order valence-electron chi connectivity index (χ0n) is 15.7. The Bertz CT molecular complexity index is 1000. The zero-order chi connectivity index (χ0) is 19.0. The van der Waals surface area contributed by atoms with Gasteiger partial charge in [-0.25, -0.2) is 9.07 Å². The van der Waals surface area contributed by atoms with Gasteiger partial charge in [-0.05, 0) is 43.8 Å². The van der Waals surface area contributed by atoms with Crippen LogP contribution >= 0.6 is 0 Å². The molecule has 0 radical (unpaired) electrons. The van der Waals surface area contributed by atoms with Gasteiger partial charge in [-0.1, -0.05) is 6.92 Å². The summed E-state index contributed by atoms with van der Waals surface area (Å²) in [5.74, 6) is -0.300. The quantitative estimate of drug-likeness (QED) is 0.767. The van der Waals surface area contributed by atoms with E-state index >= 15 is 0 Å². The highest BCUT2D eigenvalue weighted by Gasteiger charge is 2.18. The average Bonchev–Trinajstić information content (AvgIpc) is 2.99. The van der Waals surface area contributed by atoms with Crippen molar-refractivity contribution in [2.75, 3.05) is 32.7 Å². The molecule has 2 aromatic heterocycles. The summed E-state index contributed by atoms with van der Waals surface area (Å²) < 4.78 is 14.9. The van der Waals surface area contributed by atoms with Gasteiger partial charge in [-0.3, -0.25) is 9.69 Å². The first-order valence-corrected chi connectivity index (χ1v) is 9.37. The van der Waals surface area contributed by atoms with Crippen molar-refractivity contribution >= 4 is 11.0 Å². The summed E-state index contributed by atoms with van der Waals surface area (Å²) in [4.78, 5) is 20.4. The first-order valence-electron chi connectivity index (χ1n) is 9.37. The van der Waals surface area contributed by atoms with Crippen molar-refractivity contribution in [2.45, 2.75) is 20.4 Å². The summed E-state index contributed by atoms with van der Waals surface area (Å²) in [5.41, 5.74) is 2.86. The van der Waals surface area contributed by atoms with Crippen molar-refractivity contribution in [3.05, 3.63) is 57.8 Å². The second-order valence-corrected chi connectivity index (χ2v) is 7.07. The Morgan fingerprint density at radius 2 is 1.78 bits per heavy atom. The predicted octanol–water partition coefficient (Wildman–Crippen LogP) is 2.30. The summed E-state index contributed by atoms with van der Waals surface area (Å²) in [6.07, 6.45) is 0. The number of aromatic amines is 1. The van der Waals surface area contributed by atoms with Gasteiger partial charge in [0.25, 0.3) is 5.56 Å². The zero-order valence-corrected chi connectivity index (χ0v) is 15.7. The lowest BCUT2D eigenvalue weighted by Crippen LogP contribution is -2.46. The van der Waals surface area contributed by atoms with E-state index in [1.54, 1.807) is 16.8 Å². The Hall–Kier alpha value is -2.51. The fraction of sp³-hybridized carbons (Fsp3) is 0.400. The molecule has 7 heteroatoms. The van der Waals surface area contributed by atoms with Gasteiger partial charge in [-0.15, -0.1) is 0 Å². The summed E-state index contributed by atoms with van der Waals surface area (Å²) in [5, 5.41) is 5.46. The first-order chi connectivity index (χ1) is 13.0. The van der Waals surface area contributed by atoms with E-state index in [-0.39, 0.29) is 11.4 Å². The minimum atomic E-state index is -0.300. The maximum atomic E-state index is 13.2. The molecule has 27 heavy (non-hydrogen) atoms. The van der Waals surface area contributed by atoms with E-state index in [2.05, 4.69) is 26.8 Å². The van der Waals surface area contributed by atoms with Gasteiger partial charge >= 0.3 is 0 Å². The maximum absolute atomic E-state index is 13.2. The van der Waals surface area contributed by atoms with E-state index in [1.807, 2.05) is 13.0 Å². The third-order valence-electron chi connectivity index (χ3n) is 5.33. The molecule has 0 amide bonds. The third kappa shape index (κ3) is 3.52. The van der Waals surface area contributed by atoms with Crippen LogP contribution in [-0.2, 0) is 6.54 Å². The summed E-state index contributed by atoms with van der Waals surface area (Å²) >= 11 is 0. The molecule has 1 fully saturated rings. The van der Waals surface area contributed by atoms with Crippen LogP contribution in [0, 0.1) is 12.7 Å². The number of pyridine rings is 1. The number of aryl methyl sites for hydroxylation is 1. The molecule has 142 valence electrons. The molecule has 0 bridgehead atoms. The number of aromatic nitrogens is 3. The molecule has 0 unspecified atom stereocenters. The molecule has 0 aliphatic carbocycles. The number of hydrogen-bond acceptors (Lipinski definition) is 4. The van der Waals surface area contributed by atoms with Crippen LogP contribution in [0.5, 0.6) is 0 Å². The summed E-state index contributed by atoms with van der Waals surface area (Å²) in [7, 11) is 0. The minimum absolute atomic E-state index is 0.0938. The number of hydrogen-bond donors (Lipinski definition) is 1. The highest BCUT2D eigenvalue weighted by molar-refractivity contribution is 5.80. The number of nitrogens with one attached hydrogen (secondary N) is 1. The van der Waals surface area contributed by atoms with Crippen LogP contribution in [0.25, 0.3) is 16.7 Å². The van der Waals surface area contributed by atoms with E-state index in [0.717, 1.165) is 49.4 Å². The summed E-state index contributed by atoms with van der Waals surface area (Å²) in [6, 6.07) is 8.03. The van der Waals surface area contributed by atoms with Gasteiger partial charge in [0.1, 0.15) is 11.5 Å². The molecule has 0 saturated carbocycles. The third-order valence-corrected chi connectivity index (χ3v) is 5.33. The molecular formula is C20H24FN5O. The molecule has 1 saturated heterocycles. The van der Waals surface area contributed by atoms with Crippen LogP contribution in [0.3, 0.4) is 0 Å². The van der Waals surface area contributed by atoms with Crippen LogP contribution in [0.2, 0.25) is 0 Å². The molecule has 1 aromatic carbocycles. The second-order valence-electron chi connectivity index (χ2n) is 7.07. The molecule has 0 atom stereocenters. The van der Waals surface area contributed by atoms with Crippen LogP contribution in [0.4, 0.5) is 4.39 Å². The Kier molecular flexibility index (Phi) is 4.80. The number of benzene rings is 1. The maximum Gasteiger partial charge on any atom is 0.254 e. The normalized spacial score (nSPS) is 16.3. The Balaban J connectivity index is 1.65. The highest BCUT2D eigenvalue weighted by Crippen LogP contribution is 2.20. The lowest BCUT2D eigenvalue weighted by atomic mass is 10.2. The van der Waals surface area contributed by atoms with Crippen molar-refractivity contribution < 1.29 is 4.39 Å². The number of halogens is 1. The van der Waals surface area contributed by atoms with Crippen molar-refractivity contribution in [1.82, 2.24) is 24.6 Å². The van der Waals surface area contributed by atoms with Gasteiger partial charge in [-0.2, -0.15) is 5.10 Å². The topological polar surface area (TPSA) is 57.2 Å². The molecule has 1 N–H and O–H groups in total. The molecule has 0 spiro atoms. The van der Waals surface area contributed by atoms with Crippen LogP contribution in [0.1, 0.15) is 18.2 Å². The molecule has 3 aromatic rings. The number of H-pyrrole nitrogens is 1. The molecule has 1 aliphatic rings. The van der Waals surface area contributed by atoms with Gasteiger partial charge in [0.15, 0.2) is 0 Å². The van der Waals surface area contributed by atoms with Crippen LogP contribution in [-0.4, -0.2) is 57.3 Å². The smallest absolute Gasteiger partial charge is 0.254 e. The van der Waals surface area contributed by atoms with Crippen molar-refractivity contribution in [2.24, 2.45) is 0 Å². The number of rotatable bonds is 4. The molecule has 3 heterocycles. The van der Waals surface area contributed by atoms with Gasteiger partial charge in [0, 0.05) is 43.7 Å². The highest BCUT2D eigenvalue weighted by atomic mass is 19.1. The number of piperazine rings is 1.